The first-order valence-corrected chi connectivity index (χ1v) is 14.3. The lowest BCUT2D eigenvalue weighted by atomic mass is 9.87. The highest BCUT2D eigenvalue weighted by Crippen LogP contribution is 2.65. The molecule has 1 fully saturated rings. The SMILES string of the molecule is CCOP(=O)(OCC)[C@@H]1SC[C@@H](C(O[SiH](C)C)C(C)(C)C)S1. The lowest BCUT2D eigenvalue weighted by molar-refractivity contribution is 0.0893. The molecular weight excluding hydrogens is 355 g/mol. The summed E-state index contributed by atoms with van der Waals surface area (Å²) < 4.78 is 30.1. The van der Waals surface area contributed by atoms with Gasteiger partial charge in [0.05, 0.1) is 19.3 Å². The van der Waals surface area contributed by atoms with Crippen LogP contribution in [0.5, 0.6) is 0 Å². The Morgan fingerprint density at radius 3 is 2.18 bits per heavy atom. The van der Waals surface area contributed by atoms with Crippen molar-refractivity contribution in [1.82, 2.24) is 0 Å². The van der Waals surface area contributed by atoms with Crippen LogP contribution in [0.15, 0.2) is 0 Å². The Balaban J connectivity index is 2.83. The largest absolute Gasteiger partial charge is 0.416 e. The molecule has 1 rings (SSSR count). The van der Waals surface area contributed by atoms with Crippen LogP contribution in [-0.2, 0) is 18.0 Å². The van der Waals surface area contributed by atoms with Crippen LogP contribution in [0.3, 0.4) is 0 Å². The summed E-state index contributed by atoms with van der Waals surface area (Å²) in [5, 5.41) is 0.333. The van der Waals surface area contributed by atoms with Crippen LogP contribution in [0, 0.1) is 5.41 Å². The molecule has 0 aromatic rings. The second kappa shape index (κ2) is 8.93. The molecule has 0 saturated carbocycles. The fourth-order valence-electron chi connectivity index (χ4n) is 2.39. The fraction of sp³-hybridized carbons (Fsp3) is 1.00. The average Bonchev–Trinajstić information content (AvgIpc) is 2.84. The number of hydrogen-bond acceptors (Lipinski definition) is 6. The Morgan fingerprint density at radius 2 is 1.77 bits per heavy atom. The summed E-state index contributed by atoms with van der Waals surface area (Å²) in [7, 11) is -4.18. The van der Waals surface area contributed by atoms with Crippen molar-refractivity contribution in [3.63, 3.8) is 0 Å². The topological polar surface area (TPSA) is 44.8 Å². The smallest absolute Gasteiger partial charge is 0.353 e. The normalized spacial score (nSPS) is 24.9. The first-order chi connectivity index (χ1) is 10.1. The standard InChI is InChI=1S/C14H31O4PS2Si/c1-8-16-19(15,17-9-2)13-20-10-11(21-13)12(14(3,4)5)18-22(6)7/h11-13,22H,8-10H2,1-7H3/t11-,12?,13+/m0/s1. The molecule has 1 aliphatic rings. The molecule has 0 aromatic heterocycles. The first kappa shape index (κ1) is 21.1. The van der Waals surface area contributed by atoms with E-state index in [-0.39, 0.29) is 15.8 Å². The Bertz CT molecular complexity index is 380. The zero-order valence-electron chi connectivity index (χ0n) is 14.8. The minimum atomic E-state index is -3.05. The van der Waals surface area contributed by atoms with E-state index in [4.69, 9.17) is 13.5 Å². The molecular formula is C14H31O4PS2Si. The number of hydrogen-bond donors (Lipinski definition) is 0. The number of thioether (sulfide) groups is 2. The van der Waals surface area contributed by atoms with Gasteiger partial charge < -0.3 is 13.5 Å². The maximum atomic E-state index is 12.9. The molecule has 132 valence electrons. The summed E-state index contributed by atoms with van der Waals surface area (Å²) in [6, 6.07) is 0. The minimum Gasteiger partial charge on any atom is -0.416 e. The van der Waals surface area contributed by atoms with Crippen LogP contribution in [0.25, 0.3) is 0 Å². The molecule has 0 aliphatic carbocycles. The summed E-state index contributed by atoms with van der Waals surface area (Å²) in [6.45, 7) is 15.6. The second-order valence-corrected chi connectivity index (χ2v) is 14.6. The van der Waals surface area contributed by atoms with E-state index in [2.05, 4.69) is 33.9 Å². The highest BCUT2D eigenvalue weighted by atomic mass is 32.2. The average molecular weight is 387 g/mol. The van der Waals surface area contributed by atoms with Gasteiger partial charge in [0.25, 0.3) is 0 Å². The van der Waals surface area contributed by atoms with Gasteiger partial charge in [0.1, 0.15) is 0 Å². The predicted molar refractivity (Wildman–Crippen MR) is 102 cm³/mol. The van der Waals surface area contributed by atoms with Crippen LogP contribution >= 0.6 is 31.1 Å². The molecule has 0 bridgehead atoms. The highest BCUT2D eigenvalue weighted by molar-refractivity contribution is 8.26. The monoisotopic (exact) mass is 386 g/mol. The van der Waals surface area contributed by atoms with Crippen molar-refractivity contribution in [2.75, 3.05) is 19.0 Å². The van der Waals surface area contributed by atoms with Crippen molar-refractivity contribution in [3.05, 3.63) is 0 Å². The van der Waals surface area contributed by atoms with E-state index in [1.165, 1.54) is 0 Å². The highest BCUT2D eigenvalue weighted by Gasteiger charge is 2.47. The molecule has 0 N–H and O–H groups in total. The zero-order chi connectivity index (χ0) is 17.0. The van der Waals surface area contributed by atoms with Gasteiger partial charge in [0.15, 0.2) is 13.4 Å². The summed E-state index contributed by atoms with van der Waals surface area (Å²) in [5.74, 6) is 0.933. The molecule has 1 unspecified atom stereocenters. The lowest BCUT2D eigenvalue weighted by Crippen LogP contribution is -2.41. The Kier molecular flexibility index (Phi) is 8.55. The van der Waals surface area contributed by atoms with Crippen molar-refractivity contribution in [3.8, 4) is 0 Å². The van der Waals surface area contributed by atoms with Gasteiger partial charge in [-0.25, -0.2) is 0 Å². The zero-order valence-corrected chi connectivity index (χ0v) is 18.5. The summed E-state index contributed by atoms with van der Waals surface area (Å²) in [6.07, 6.45) is 0.179. The summed E-state index contributed by atoms with van der Waals surface area (Å²) in [5.41, 5.74) is 0.0750. The van der Waals surface area contributed by atoms with Gasteiger partial charge >= 0.3 is 7.60 Å². The van der Waals surface area contributed by atoms with E-state index in [9.17, 15) is 4.57 Å². The third-order valence-electron chi connectivity index (χ3n) is 3.18. The molecule has 3 atom stereocenters. The molecule has 0 aromatic carbocycles. The Labute approximate surface area is 146 Å². The van der Waals surface area contributed by atoms with E-state index in [0.717, 1.165) is 5.75 Å². The van der Waals surface area contributed by atoms with Crippen LogP contribution < -0.4 is 0 Å². The van der Waals surface area contributed by atoms with Gasteiger partial charge in [-0.2, -0.15) is 0 Å². The third kappa shape index (κ3) is 5.83. The van der Waals surface area contributed by atoms with E-state index in [1.807, 2.05) is 13.8 Å². The predicted octanol–water partition coefficient (Wildman–Crippen LogP) is 4.80. The van der Waals surface area contributed by atoms with Crippen molar-refractivity contribution in [1.29, 1.82) is 0 Å². The summed E-state index contributed by atoms with van der Waals surface area (Å²) >= 11 is 3.42. The maximum Gasteiger partial charge on any atom is 0.353 e. The van der Waals surface area contributed by atoms with Gasteiger partial charge in [0, 0.05) is 11.0 Å². The molecule has 0 amide bonds. The van der Waals surface area contributed by atoms with Crippen molar-refractivity contribution < 1.29 is 18.0 Å². The van der Waals surface area contributed by atoms with Crippen molar-refractivity contribution in [2.45, 2.75) is 63.4 Å². The van der Waals surface area contributed by atoms with Gasteiger partial charge in [-0.3, -0.25) is 4.57 Å². The molecule has 1 saturated heterocycles. The summed E-state index contributed by atoms with van der Waals surface area (Å²) in [4.78, 5) is 0. The minimum absolute atomic E-state index is 0.0750. The second-order valence-electron chi connectivity index (χ2n) is 6.66. The third-order valence-corrected chi connectivity index (χ3v) is 10.9. The van der Waals surface area contributed by atoms with E-state index in [1.54, 1.807) is 23.5 Å². The van der Waals surface area contributed by atoms with Crippen LogP contribution in [0.1, 0.15) is 34.6 Å². The van der Waals surface area contributed by atoms with Gasteiger partial charge in [-0.1, -0.05) is 20.8 Å². The lowest BCUT2D eigenvalue weighted by Gasteiger charge is -2.36. The van der Waals surface area contributed by atoms with E-state index < -0.39 is 16.6 Å². The van der Waals surface area contributed by atoms with Gasteiger partial charge in [-0.05, 0) is 32.4 Å². The van der Waals surface area contributed by atoms with Crippen LogP contribution in [0.2, 0.25) is 13.1 Å². The number of rotatable bonds is 8. The van der Waals surface area contributed by atoms with Crippen molar-refractivity contribution in [2.24, 2.45) is 5.41 Å². The fourth-order valence-corrected chi connectivity index (χ4v) is 10.5. The van der Waals surface area contributed by atoms with Crippen LogP contribution in [0.4, 0.5) is 0 Å². The molecule has 1 heterocycles. The van der Waals surface area contributed by atoms with Gasteiger partial charge in [-0.15, -0.1) is 23.5 Å². The Hall–Kier alpha value is 1.03. The van der Waals surface area contributed by atoms with E-state index in [0.29, 0.717) is 18.5 Å². The van der Waals surface area contributed by atoms with Crippen LogP contribution in [-0.4, -0.2) is 43.7 Å². The molecule has 4 nitrogen and oxygen atoms in total. The Morgan fingerprint density at radius 1 is 1.23 bits per heavy atom. The molecule has 1 aliphatic heterocycles. The first-order valence-electron chi connectivity index (χ1n) is 7.95. The molecule has 0 radical (unpaired) electrons. The van der Waals surface area contributed by atoms with E-state index >= 15 is 0 Å². The van der Waals surface area contributed by atoms with Crippen molar-refractivity contribution >= 4 is 40.2 Å². The molecule has 22 heavy (non-hydrogen) atoms. The molecule has 0 spiro atoms. The molecule has 8 heteroatoms. The quantitative estimate of drug-likeness (QED) is 0.441. The van der Waals surface area contributed by atoms with Gasteiger partial charge in [0.2, 0.25) is 0 Å². The maximum absolute atomic E-state index is 12.9.